The van der Waals surface area contributed by atoms with Crippen molar-refractivity contribution in [1.29, 1.82) is 0 Å². The topological polar surface area (TPSA) is 87.2 Å². The van der Waals surface area contributed by atoms with E-state index in [0.717, 1.165) is 24.2 Å². The zero-order chi connectivity index (χ0) is 15.7. The van der Waals surface area contributed by atoms with Gasteiger partial charge in [-0.05, 0) is 49.1 Å². The Balaban J connectivity index is 2.07. The molecule has 2 N–H and O–H groups in total. The smallest absolute Gasteiger partial charge is 0.279 e. The van der Waals surface area contributed by atoms with Crippen LogP contribution in [-0.4, -0.2) is 22.8 Å². The number of primary amides is 1. The molecule has 6 heteroatoms. The van der Waals surface area contributed by atoms with E-state index in [1.165, 1.54) is 10.7 Å². The van der Waals surface area contributed by atoms with Gasteiger partial charge in [-0.2, -0.15) is 5.10 Å². The van der Waals surface area contributed by atoms with Gasteiger partial charge in [0.25, 0.3) is 11.5 Å². The van der Waals surface area contributed by atoms with Gasteiger partial charge in [0.05, 0.1) is 12.8 Å². The van der Waals surface area contributed by atoms with Crippen LogP contribution >= 0.6 is 0 Å². The number of rotatable bonds is 5. The Labute approximate surface area is 127 Å². The van der Waals surface area contributed by atoms with E-state index in [1.54, 1.807) is 19.2 Å². The van der Waals surface area contributed by atoms with Crippen LogP contribution in [0.15, 0.2) is 35.1 Å². The fourth-order valence-corrected chi connectivity index (χ4v) is 2.29. The molecule has 0 radical (unpaired) electrons. The molecule has 1 aromatic carbocycles. The molecule has 0 aliphatic heterocycles. The molecule has 6 nitrogen and oxygen atoms in total. The summed E-state index contributed by atoms with van der Waals surface area (Å²) in [6.07, 6.45) is 2.18. The van der Waals surface area contributed by atoms with Crippen LogP contribution in [0.4, 0.5) is 0 Å². The van der Waals surface area contributed by atoms with Crippen molar-refractivity contribution in [2.45, 2.75) is 19.4 Å². The van der Waals surface area contributed by atoms with Gasteiger partial charge in [-0.1, -0.05) is 0 Å². The number of carbonyl (C=O) groups excluding carboxylic acids is 1. The minimum atomic E-state index is -0.730. The molecule has 1 saturated carbocycles. The highest BCUT2D eigenvalue weighted by molar-refractivity contribution is 5.93. The lowest BCUT2D eigenvalue weighted by molar-refractivity contribution is 0.0998. The molecule has 1 heterocycles. The summed E-state index contributed by atoms with van der Waals surface area (Å²) in [7, 11) is 1.59. The van der Waals surface area contributed by atoms with Gasteiger partial charge in [-0.15, -0.1) is 0 Å². The quantitative estimate of drug-likeness (QED) is 0.904. The molecule has 0 bridgehead atoms. The summed E-state index contributed by atoms with van der Waals surface area (Å²) in [6.45, 7) is 0.531. The lowest BCUT2D eigenvalue weighted by Crippen LogP contribution is -2.32. The Morgan fingerprint density at radius 3 is 2.59 bits per heavy atom. The Kier molecular flexibility index (Phi) is 3.66. The number of benzene rings is 1. The molecule has 0 spiro atoms. The van der Waals surface area contributed by atoms with Gasteiger partial charge >= 0.3 is 0 Å². The highest BCUT2D eigenvalue weighted by Gasteiger charge is 2.24. The first-order chi connectivity index (χ1) is 10.6. The molecule has 0 atom stereocenters. The predicted octanol–water partition coefficient (Wildman–Crippen LogP) is 1.43. The van der Waals surface area contributed by atoms with E-state index in [2.05, 4.69) is 5.10 Å². The molecule has 1 aliphatic carbocycles. The van der Waals surface area contributed by atoms with Gasteiger partial charge in [-0.3, -0.25) is 9.59 Å². The molecule has 22 heavy (non-hydrogen) atoms. The summed E-state index contributed by atoms with van der Waals surface area (Å²) in [5.74, 6) is 0.467. The second-order valence-corrected chi connectivity index (χ2v) is 5.47. The van der Waals surface area contributed by atoms with Crippen LogP contribution in [0, 0.1) is 5.92 Å². The van der Waals surface area contributed by atoms with Crippen LogP contribution in [0.5, 0.6) is 5.75 Å². The highest BCUT2D eigenvalue weighted by atomic mass is 16.5. The Morgan fingerprint density at radius 2 is 2.05 bits per heavy atom. The minimum Gasteiger partial charge on any atom is -0.497 e. The summed E-state index contributed by atoms with van der Waals surface area (Å²) >= 11 is 0. The van der Waals surface area contributed by atoms with Crippen LogP contribution in [0.3, 0.4) is 0 Å². The number of aromatic nitrogens is 2. The summed E-state index contributed by atoms with van der Waals surface area (Å²) in [4.78, 5) is 23.8. The van der Waals surface area contributed by atoms with Crippen molar-refractivity contribution in [1.82, 2.24) is 9.78 Å². The first-order valence-electron chi connectivity index (χ1n) is 7.15. The molecule has 0 unspecified atom stereocenters. The molecule has 1 aromatic heterocycles. The number of amides is 1. The standard InChI is InChI=1S/C16H17N3O3/c1-22-12-6-4-11(5-7-12)14-8-13(15(17)20)16(21)19(18-14)9-10-2-3-10/h4-8,10H,2-3,9H2,1H3,(H2,17,20). The summed E-state index contributed by atoms with van der Waals surface area (Å²) in [5.41, 5.74) is 6.23. The summed E-state index contributed by atoms with van der Waals surface area (Å²) in [6, 6.07) is 8.72. The van der Waals surface area contributed by atoms with Crippen molar-refractivity contribution >= 4 is 5.91 Å². The fourth-order valence-electron chi connectivity index (χ4n) is 2.29. The first-order valence-corrected chi connectivity index (χ1v) is 7.15. The number of nitrogens with zero attached hydrogens (tertiary/aromatic N) is 2. The molecule has 2 aromatic rings. The van der Waals surface area contributed by atoms with Crippen molar-refractivity contribution in [3.05, 3.63) is 46.2 Å². The minimum absolute atomic E-state index is 0.0264. The maximum atomic E-state index is 12.2. The normalized spacial score (nSPS) is 13.9. The second kappa shape index (κ2) is 5.63. The number of ether oxygens (including phenoxy) is 1. The summed E-state index contributed by atoms with van der Waals surface area (Å²) in [5, 5.41) is 4.38. The molecule has 3 rings (SSSR count). The van der Waals surface area contributed by atoms with Gasteiger partial charge in [-0.25, -0.2) is 4.68 Å². The zero-order valence-electron chi connectivity index (χ0n) is 12.3. The van der Waals surface area contributed by atoms with Crippen molar-refractivity contribution in [3.63, 3.8) is 0 Å². The molecule has 1 aliphatic rings. The van der Waals surface area contributed by atoms with Crippen LogP contribution in [-0.2, 0) is 6.54 Å². The summed E-state index contributed by atoms with van der Waals surface area (Å²) < 4.78 is 6.48. The first kappa shape index (κ1) is 14.3. The fraction of sp³-hybridized carbons (Fsp3) is 0.312. The van der Waals surface area contributed by atoms with Gasteiger partial charge in [0.2, 0.25) is 0 Å². The number of nitrogens with two attached hydrogens (primary N) is 1. The van der Waals surface area contributed by atoms with Crippen LogP contribution in [0.25, 0.3) is 11.3 Å². The third-order valence-electron chi connectivity index (χ3n) is 3.75. The lowest BCUT2D eigenvalue weighted by Gasteiger charge is -2.09. The molecule has 1 fully saturated rings. The van der Waals surface area contributed by atoms with Crippen LogP contribution < -0.4 is 16.0 Å². The average molecular weight is 299 g/mol. The third kappa shape index (κ3) is 2.86. The van der Waals surface area contributed by atoms with Crippen molar-refractivity contribution in [2.24, 2.45) is 11.7 Å². The lowest BCUT2D eigenvalue weighted by atomic mass is 10.1. The molecular formula is C16H17N3O3. The highest BCUT2D eigenvalue weighted by Crippen LogP contribution is 2.30. The van der Waals surface area contributed by atoms with E-state index in [4.69, 9.17) is 10.5 Å². The molecule has 0 saturated heterocycles. The van der Waals surface area contributed by atoms with E-state index in [-0.39, 0.29) is 5.56 Å². The van der Waals surface area contributed by atoms with E-state index in [1.807, 2.05) is 12.1 Å². The van der Waals surface area contributed by atoms with Crippen LogP contribution in [0.2, 0.25) is 0 Å². The SMILES string of the molecule is COc1ccc(-c2cc(C(N)=O)c(=O)n(CC3CC3)n2)cc1. The number of carbonyl (C=O) groups is 1. The van der Waals surface area contributed by atoms with Gasteiger partial charge < -0.3 is 10.5 Å². The molecular weight excluding hydrogens is 282 g/mol. The third-order valence-corrected chi connectivity index (χ3v) is 3.75. The second-order valence-electron chi connectivity index (χ2n) is 5.47. The number of hydrogen-bond acceptors (Lipinski definition) is 4. The monoisotopic (exact) mass is 299 g/mol. The van der Waals surface area contributed by atoms with Crippen molar-refractivity contribution in [3.8, 4) is 17.0 Å². The van der Waals surface area contributed by atoms with Crippen molar-refractivity contribution in [2.75, 3.05) is 7.11 Å². The van der Waals surface area contributed by atoms with Crippen molar-refractivity contribution < 1.29 is 9.53 Å². The number of methoxy groups -OCH3 is 1. The Hall–Kier alpha value is -2.63. The van der Waals surface area contributed by atoms with E-state index in [9.17, 15) is 9.59 Å². The molecule has 1 amide bonds. The van der Waals surface area contributed by atoms with E-state index >= 15 is 0 Å². The van der Waals surface area contributed by atoms with E-state index in [0.29, 0.717) is 18.2 Å². The number of hydrogen-bond donors (Lipinski definition) is 1. The predicted molar refractivity (Wildman–Crippen MR) is 81.7 cm³/mol. The zero-order valence-corrected chi connectivity index (χ0v) is 12.3. The van der Waals surface area contributed by atoms with Gasteiger partial charge in [0, 0.05) is 12.1 Å². The maximum absolute atomic E-state index is 12.2. The van der Waals surface area contributed by atoms with E-state index < -0.39 is 11.5 Å². The van der Waals surface area contributed by atoms with Gasteiger partial charge in [0.1, 0.15) is 11.3 Å². The average Bonchev–Trinajstić information content (AvgIpc) is 3.33. The maximum Gasteiger partial charge on any atom is 0.279 e. The Morgan fingerprint density at radius 1 is 1.36 bits per heavy atom. The molecule has 114 valence electrons. The van der Waals surface area contributed by atoms with Gasteiger partial charge in [0.15, 0.2) is 0 Å². The van der Waals surface area contributed by atoms with Crippen LogP contribution in [0.1, 0.15) is 23.2 Å². The Bertz CT molecular complexity index is 761. The largest absolute Gasteiger partial charge is 0.497 e.